The molecular formula is C21H25ClN4O5S. The third-order valence-electron chi connectivity index (χ3n) is 4.77. The fourth-order valence-electron chi connectivity index (χ4n) is 3.04. The van der Waals surface area contributed by atoms with Gasteiger partial charge in [-0.05, 0) is 68.3 Å². The minimum absolute atomic E-state index is 0.00903. The maximum Gasteiger partial charge on any atom is 0.319 e. The standard InChI is InChI=1S/C21H25ClN4O5S/c1-14(26-32(29,30)19-10-4-15(22)5-11-19)20(27)24-16-6-8-17(9-7-16)25-21(28)23-13-18-3-2-12-31-18/h4-11,14,18,26H,2-3,12-13H2,1H3,(H,24,27)(H2,23,25,28)/t14-,18?/m0/s1. The van der Waals surface area contributed by atoms with Crippen LogP contribution in [0.3, 0.4) is 0 Å². The SMILES string of the molecule is C[C@H](NS(=O)(=O)c1ccc(Cl)cc1)C(=O)Nc1ccc(NC(=O)NCC2CCCO2)cc1. The van der Waals surface area contributed by atoms with E-state index in [1.807, 2.05) is 0 Å². The number of halogens is 1. The lowest BCUT2D eigenvalue weighted by Crippen LogP contribution is -2.41. The first kappa shape index (κ1) is 24.0. The fraction of sp³-hybridized carbons (Fsp3) is 0.333. The van der Waals surface area contributed by atoms with Crippen molar-refractivity contribution in [1.82, 2.24) is 10.0 Å². The van der Waals surface area contributed by atoms with Gasteiger partial charge >= 0.3 is 6.03 Å². The Morgan fingerprint density at radius 2 is 1.69 bits per heavy atom. The molecule has 1 fully saturated rings. The Morgan fingerprint density at radius 3 is 2.28 bits per heavy atom. The molecule has 9 nitrogen and oxygen atoms in total. The highest BCUT2D eigenvalue weighted by Crippen LogP contribution is 2.16. The molecule has 1 saturated heterocycles. The highest BCUT2D eigenvalue weighted by Gasteiger charge is 2.22. The number of ether oxygens (including phenoxy) is 1. The van der Waals surface area contributed by atoms with E-state index in [0.717, 1.165) is 19.4 Å². The van der Waals surface area contributed by atoms with Crippen molar-refractivity contribution >= 4 is 44.9 Å². The molecule has 0 aliphatic carbocycles. The van der Waals surface area contributed by atoms with Crippen molar-refractivity contribution in [1.29, 1.82) is 0 Å². The first-order valence-electron chi connectivity index (χ1n) is 10.1. The average Bonchev–Trinajstić information content (AvgIpc) is 3.27. The van der Waals surface area contributed by atoms with E-state index in [2.05, 4.69) is 20.7 Å². The molecule has 1 heterocycles. The lowest BCUT2D eigenvalue weighted by molar-refractivity contribution is -0.117. The summed E-state index contributed by atoms with van der Waals surface area (Å²) >= 11 is 5.78. The summed E-state index contributed by atoms with van der Waals surface area (Å²) in [7, 11) is -3.88. The first-order valence-corrected chi connectivity index (χ1v) is 11.9. The maximum atomic E-state index is 12.4. The summed E-state index contributed by atoms with van der Waals surface area (Å²) in [6.45, 7) is 2.61. The van der Waals surface area contributed by atoms with E-state index in [1.165, 1.54) is 31.2 Å². The van der Waals surface area contributed by atoms with Crippen LogP contribution in [-0.4, -0.2) is 45.7 Å². The molecule has 2 aromatic carbocycles. The van der Waals surface area contributed by atoms with Gasteiger partial charge in [-0.1, -0.05) is 11.6 Å². The Balaban J connectivity index is 1.49. The van der Waals surface area contributed by atoms with Crippen LogP contribution in [0.5, 0.6) is 0 Å². The van der Waals surface area contributed by atoms with Crippen molar-refractivity contribution in [3.05, 3.63) is 53.6 Å². The molecule has 11 heteroatoms. The third kappa shape index (κ3) is 6.92. The molecule has 4 N–H and O–H groups in total. The number of carbonyl (C=O) groups is 2. The highest BCUT2D eigenvalue weighted by atomic mass is 35.5. The molecule has 0 bridgehead atoms. The summed E-state index contributed by atoms with van der Waals surface area (Å²) < 4.78 is 32.6. The Labute approximate surface area is 191 Å². The molecule has 1 aliphatic heterocycles. The number of carbonyl (C=O) groups excluding carboxylic acids is 2. The van der Waals surface area contributed by atoms with Gasteiger partial charge < -0.3 is 20.7 Å². The van der Waals surface area contributed by atoms with Gasteiger partial charge in [-0.3, -0.25) is 4.79 Å². The van der Waals surface area contributed by atoms with Crippen molar-refractivity contribution in [2.24, 2.45) is 0 Å². The van der Waals surface area contributed by atoms with Crippen molar-refractivity contribution in [2.75, 3.05) is 23.8 Å². The monoisotopic (exact) mass is 480 g/mol. The van der Waals surface area contributed by atoms with Crippen molar-refractivity contribution in [2.45, 2.75) is 36.8 Å². The van der Waals surface area contributed by atoms with E-state index in [-0.39, 0.29) is 17.0 Å². The Kier molecular flexibility index (Phi) is 8.08. The molecule has 3 rings (SSSR count). The van der Waals surface area contributed by atoms with Crippen LogP contribution in [0.2, 0.25) is 5.02 Å². The Morgan fingerprint density at radius 1 is 1.06 bits per heavy atom. The minimum Gasteiger partial charge on any atom is -0.376 e. The normalized spacial score (nSPS) is 16.9. The van der Waals surface area contributed by atoms with Gasteiger partial charge in [0.15, 0.2) is 0 Å². The molecule has 172 valence electrons. The molecule has 0 radical (unpaired) electrons. The van der Waals surface area contributed by atoms with Crippen LogP contribution < -0.4 is 20.7 Å². The summed E-state index contributed by atoms with van der Waals surface area (Å²) in [5.41, 5.74) is 1.00. The van der Waals surface area contributed by atoms with Crippen molar-refractivity contribution < 1.29 is 22.7 Å². The molecule has 1 unspecified atom stereocenters. The van der Waals surface area contributed by atoms with Gasteiger partial charge in [-0.15, -0.1) is 0 Å². The number of benzene rings is 2. The van der Waals surface area contributed by atoms with Crippen molar-refractivity contribution in [3.8, 4) is 0 Å². The molecule has 3 amide bonds. The van der Waals surface area contributed by atoms with Gasteiger partial charge in [0.1, 0.15) is 0 Å². The summed E-state index contributed by atoms with van der Waals surface area (Å²) in [5, 5.41) is 8.50. The lowest BCUT2D eigenvalue weighted by atomic mass is 10.2. The van der Waals surface area contributed by atoms with E-state index in [9.17, 15) is 18.0 Å². The van der Waals surface area contributed by atoms with E-state index >= 15 is 0 Å². The van der Waals surface area contributed by atoms with Crippen LogP contribution in [0, 0.1) is 0 Å². The number of nitrogens with one attached hydrogen (secondary N) is 4. The zero-order valence-electron chi connectivity index (χ0n) is 17.4. The lowest BCUT2D eigenvalue weighted by Gasteiger charge is -2.15. The van der Waals surface area contributed by atoms with Crippen LogP contribution >= 0.6 is 11.6 Å². The minimum atomic E-state index is -3.88. The smallest absolute Gasteiger partial charge is 0.319 e. The quantitative estimate of drug-likeness (QED) is 0.462. The molecule has 0 saturated carbocycles. The van der Waals surface area contributed by atoms with Gasteiger partial charge in [-0.25, -0.2) is 13.2 Å². The number of rotatable bonds is 8. The van der Waals surface area contributed by atoms with E-state index in [1.54, 1.807) is 24.3 Å². The Hall–Kier alpha value is -2.66. The van der Waals surface area contributed by atoms with Crippen LogP contribution in [0.4, 0.5) is 16.2 Å². The summed E-state index contributed by atoms with van der Waals surface area (Å²) in [6, 6.07) is 10.7. The van der Waals surface area contributed by atoms with Crippen LogP contribution in [0.1, 0.15) is 19.8 Å². The molecule has 2 atom stereocenters. The van der Waals surface area contributed by atoms with Gasteiger partial charge in [0, 0.05) is 29.5 Å². The molecule has 32 heavy (non-hydrogen) atoms. The molecular weight excluding hydrogens is 456 g/mol. The van der Waals surface area contributed by atoms with Gasteiger partial charge in [-0.2, -0.15) is 4.72 Å². The largest absolute Gasteiger partial charge is 0.376 e. The summed E-state index contributed by atoms with van der Waals surface area (Å²) in [4.78, 5) is 24.4. The predicted octanol–water partition coefficient (Wildman–Crippen LogP) is 2.95. The summed E-state index contributed by atoms with van der Waals surface area (Å²) in [5.74, 6) is -0.530. The van der Waals surface area contributed by atoms with Crippen molar-refractivity contribution in [3.63, 3.8) is 0 Å². The number of anilines is 2. The molecule has 1 aliphatic rings. The highest BCUT2D eigenvalue weighted by molar-refractivity contribution is 7.89. The summed E-state index contributed by atoms with van der Waals surface area (Å²) in [6.07, 6.45) is 1.99. The van der Waals surface area contributed by atoms with Gasteiger partial charge in [0.2, 0.25) is 15.9 Å². The van der Waals surface area contributed by atoms with Crippen LogP contribution in [-0.2, 0) is 19.6 Å². The Bertz CT molecular complexity index is 1040. The molecule has 2 aromatic rings. The second-order valence-electron chi connectivity index (χ2n) is 7.33. The number of hydrogen-bond acceptors (Lipinski definition) is 5. The second kappa shape index (κ2) is 10.8. The van der Waals surface area contributed by atoms with Crippen LogP contribution in [0.15, 0.2) is 53.4 Å². The number of hydrogen-bond donors (Lipinski definition) is 4. The average molecular weight is 481 g/mol. The number of amides is 3. The third-order valence-corrected chi connectivity index (χ3v) is 6.58. The first-order chi connectivity index (χ1) is 15.2. The number of urea groups is 1. The number of sulfonamides is 1. The van der Waals surface area contributed by atoms with Gasteiger partial charge in [0.05, 0.1) is 17.0 Å². The van der Waals surface area contributed by atoms with Gasteiger partial charge in [0.25, 0.3) is 0 Å². The van der Waals surface area contributed by atoms with E-state index < -0.39 is 22.0 Å². The predicted molar refractivity (Wildman–Crippen MR) is 122 cm³/mol. The van der Waals surface area contributed by atoms with E-state index in [0.29, 0.717) is 22.9 Å². The second-order valence-corrected chi connectivity index (χ2v) is 9.48. The molecule has 0 aromatic heterocycles. The van der Waals surface area contributed by atoms with E-state index in [4.69, 9.17) is 16.3 Å². The topological polar surface area (TPSA) is 126 Å². The van der Waals surface area contributed by atoms with Crippen LogP contribution in [0.25, 0.3) is 0 Å². The fourth-order valence-corrected chi connectivity index (χ4v) is 4.37. The zero-order valence-corrected chi connectivity index (χ0v) is 19.0. The maximum absolute atomic E-state index is 12.4. The zero-order chi connectivity index (χ0) is 23.1. The molecule has 0 spiro atoms.